The van der Waals surface area contributed by atoms with E-state index in [1.807, 2.05) is 6.92 Å². The Bertz CT molecular complexity index is 2030. The molecule has 8 rings (SSSR count). The molecule has 0 aromatic rings. The van der Waals surface area contributed by atoms with E-state index < -0.39 is 139 Å². The van der Waals surface area contributed by atoms with Crippen molar-refractivity contribution in [2.75, 3.05) is 19.8 Å². The number of hydrogen-bond acceptors (Lipinski definition) is 18. The van der Waals surface area contributed by atoms with E-state index in [0.29, 0.717) is 38.6 Å². The highest BCUT2D eigenvalue weighted by atomic mass is 16.8. The number of hydrogen-bond donors (Lipinski definition) is 11. The van der Waals surface area contributed by atoms with Crippen molar-refractivity contribution in [3.63, 3.8) is 0 Å². The summed E-state index contributed by atoms with van der Waals surface area (Å²) in [5.41, 5.74) is 1.06. The van der Waals surface area contributed by atoms with Gasteiger partial charge in [-0.25, -0.2) is 0 Å². The van der Waals surface area contributed by atoms with Crippen molar-refractivity contribution in [2.45, 2.75) is 230 Å². The molecule has 20 nitrogen and oxygen atoms in total. The predicted octanol–water partition coefficient (Wildman–Crippen LogP) is -0.117. The molecule has 73 heavy (non-hydrogen) atoms. The van der Waals surface area contributed by atoms with Crippen LogP contribution in [0.25, 0.3) is 0 Å². The van der Waals surface area contributed by atoms with Crippen LogP contribution in [-0.4, -0.2) is 182 Å². The first-order valence-electron chi connectivity index (χ1n) is 27.0. The number of quaternary nitrogens is 1. The first-order valence-corrected chi connectivity index (χ1v) is 27.0. The molecule has 24 atom stereocenters. The van der Waals surface area contributed by atoms with Crippen LogP contribution in [-0.2, 0) is 42.8 Å². The molecule has 0 radical (unpaired) electrons. The molecule has 7 fully saturated rings. The van der Waals surface area contributed by atoms with Gasteiger partial charge in [0.25, 0.3) is 0 Å². The Labute approximate surface area is 428 Å². The smallest absolute Gasteiger partial charge is 0.317 e. The lowest BCUT2D eigenvalue weighted by atomic mass is 9.33. The molecule has 13 N–H and O–H groups in total. The average molecular weight is 1040 g/mol. The first-order chi connectivity index (χ1) is 34.3. The molecule has 0 bridgehead atoms. The van der Waals surface area contributed by atoms with E-state index >= 15 is 4.79 Å². The quantitative estimate of drug-likeness (QED) is 0.0468. The van der Waals surface area contributed by atoms with Crippen LogP contribution >= 0.6 is 0 Å². The lowest BCUT2D eigenvalue weighted by Gasteiger charge is -2.71. The van der Waals surface area contributed by atoms with Crippen molar-refractivity contribution in [3.05, 3.63) is 11.6 Å². The van der Waals surface area contributed by atoms with Crippen molar-refractivity contribution in [1.29, 1.82) is 0 Å². The minimum Gasteiger partial charge on any atom is -0.432 e. The summed E-state index contributed by atoms with van der Waals surface area (Å²) in [6, 6.07) is -1.33. The average Bonchev–Trinajstić information content (AvgIpc) is 3.33. The summed E-state index contributed by atoms with van der Waals surface area (Å²) in [4.78, 5) is 41.7. The van der Waals surface area contributed by atoms with Gasteiger partial charge in [-0.15, -0.1) is 0 Å². The molecule has 3 saturated heterocycles. The summed E-state index contributed by atoms with van der Waals surface area (Å²) in [7, 11) is 0. The third-order valence-corrected chi connectivity index (χ3v) is 20.4. The number of carbonyl (C=O) groups is 3. The van der Waals surface area contributed by atoms with Crippen LogP contribution < -0.4 is 11.1 Å². The number of amides is 1. The third-order valence-electron chi connectivity index (χ3n) is 20.4. The minimum absolute atomic E-state index is 0.0355. The van der Waals surface area contributed by atoms with Crippen LogP contribution in [0.3, 0.4) is 0 Å². The molecule has 416 valence electrons. The van der Waals surface area contributed by atoms with Crippen LogP contribution in [0.2, 0.25) is 0 Å². The maximum atomic E-state index is 15.6. The Morgan fingerprint density at radius 3 is 2.16 bits per heavy atom. The number of carbonyl (C=O) groups excluding carboxylic acids is 3. The maximum Gasteiger partial charge on any atom is 0.317 e. The molecule has 1 amide bonds. The second-order valence-electron chi connectivity index (χ2n) is 25.0. The number of unbranched alkanes of at least 4 members (excludes halogenated alkanes) is 2. The lowest BCUT2D eigenvalue weighted by Crippen LogP contribution is -2.69. The first kappa shape index (κ1) is 56.9. The van der Waals surface area contributed by atoms with Crippen molar-refractivity contribution in [2.24, 2.45) is 50.2 Å². The van der Waals surface area contributed by atoms with Gasteiger partial charge in [-0.1, -0.05) is 53.2 Å². The second-order valence-corrected chi connectivity index (χ2v) is 25.0. The normalized spacial score (nSPS) is 50.5. The molecule has 8 aliphatic rings. The molecule has 5 aliphatic carbocycles. The third kappa shape index (κ3) is 9.59. The van der Waals surface area contributed by atoms with Gasteiger partial charge >= 0.3 is 5.97 Å². The fourth-order valence-electron chi connectivity index (χ4n) is 15.7. The fraction of sp³-hybridized carbons (Fsp3) is 0.906. The van der Waals surface area contributed by atoms with Crippen molar-refractivity contribution in [3.8, 4) is 0 Å². The number of ether oxygens (including phenoxy) is 6. The van der Waals surface area contributed by atoms with E-state index in [9.17, 15) is 55.5 Å². The highest BCUT2D eigenvalue weighted by molar-refractivity contribution is 5.80. The Balaban J connectivity index is 1.10. The van der Waals surface area contributed by atoms with Gasteiger partial charge in [0.15, 0.2) is 18.7 Å². The highest BCUT2D eigenvalue weighted by Gasteiger charge is 2.72. The summed E-state index contributed by atoms with van der Waals surface area (Å²) >= 11 is 0. The van der Waals surface area contributed by atoms with Crippen molar-refractivity contribution >= 4 is 18.2 Å². The number of esters is 1. The van der Waals surface area contributed by atoms with Gasteiger partial charge in [-0.05, 0) is 123 Å². The molecule has 0 spiro atoms. The van der Waals surface area contributed by atoms with E-state index in [2.05, 4.69) is 51.7 Å². The SMILES string of the molecule is CC1O[C@@H](OC2C(O)[C@@H](NC(=O)CCCCC[NH3+])C(CO)O[C@H]2OC(=O)[C@]23CCC(C)(C)CC2C2=CCC4C5(C)CC[C@H](O)[C@](C)(C=O)[C@@H]5CC[C@]4(C)[C@]2(C)C[C@H]3O)C(O)C(O)[C@H]1O[C@@H]1OC[C@@H](O)C(O)C1O. The van der Waals surface area contributed by atoms with Gasteiger partial charge in [-0.3, -0.25) is 9.59 Å². The summed E-state index contributed by atoms with van der Waals surface area (Å²) in [5, 5.41) is 104. The highest BCUT2D eigenvalue weighted by Crippen LogP contribution is 2.76. The van der Waals surface area contributed by atoms with Crippen LogP contribution in [0.1, 0.15) is 132 Å². The Kier molecular flexibility index (Phi) is 16.5. The predicted molar refractivity (Wildman–Crippen MR) is 257 cm³/mol. The molecule has 20 heteroatoms. The van der Waals surface area contributed by atoms with E-state index in [4.69, 9.17) is 28.4 Å². The van der Waals surface area contributed by atoms with Crippen molar-refractivity contribution < 1.29 is 94.5 Å². The number of aldehydes is 1. The van der Waals surface area contributed by atoms with Crippen LogP contribution in [0.15, 0.2) is 11.6 Å². The van der Waals surface area contributed by atoms with Gasteiger partial charge in [-0.2, -0.15) is 0 Å². The molecule has 0 aromatic carbocycles. The number of aliphatic hydroxyl groups is 9. The number of allylic oxidation sites excluding steroid dienone is 2. The molecule has 11 unspecified atom stereocenters. The second kappa shape index (κ2) is 21.2. The van der Waals surface area contributed by atoms with Crippen LogP contribution in [0, 0.1) is 50.2 Å². The topological polar surface area (TPSA) is 328 Å². The molecule has 3 aliphatic heterocycles. The number of fused-ring (bicyclic) bond motifs is 7. The zero-order valence-electron chi connectivity index (χ0n) is 43.8. The van der Waals surface area contributed by atoms with E-state index in [0.717, 1.165) is 44.0 Å². The van der Waals surface area contributed by atoms with Gasteiger partial charge in [0, 0.05) is 6.42 Å². The zero-order chi connectivity index (χ0) is 53.4. The summed E-state index contributed by atoms with van der Waals surface area (Å²) in [6.07, 6.45) is -12.5. The standard InChI is InChI=1S/C53H86N2O18/c1-26-42(71-44-40(65)37(62)29(58)24-68-44)39(64)41(66)45(69-26)72-43-38(63)36(55-35(61)11-9-8-10-20-54)30(23-56)70-46(43)73-47(67)53-19-18-48(2,3)21-28(53)27-12-13-32-49(4)16-15-33(59)50(5,25-57)31(49)14-17-51(32,6)52(27,7)22-34(53)60/h12,25-26,28-34,36-46,56,58-60,62-66H,8-11,13-24,54H2,1-7H3,(H,55,61)/p+1/t26?,28?,29-,30?,31-,32?,33+,34-,36+,37?,38?,39?,40?,41?,42+,43?,44+,45+,46+,49?,50-,51+,52-,53-/m1/s1. The van der Waals surface area contributed by atoms with Crippen molar-refractivity contribution in [1.82, 2.24) is 5.32 Å². The monoisotopic (exact) mass is 1040 g/mol. The summed E-state index contributed by atoms with van der Waals surface area (Å²) < 4.78 is 36.3. The number of nitrogens with one attached hydrogen (secondary N) is 1. The Morgan fingerprint density at radius 1 is 0.781 bits per heavy atom. The lowest BCUT2D eigenvalue weighted by molar-refractivity contribution is -0.370. The van der Waals surface area contributed by atoms with E-state index in [-0.39, 0.29) is 54.0 Å². The van der Waals surface area contributed by atoms with Gasteiger partial charge in [0.1, 0.15) is 60.5 Å². The molecule has 4 saturated carbocycles. The minimum atomic E-state index is -1.93. The molecule has 3 heterocycles. The Hall–Kier alpha value is -2.25. The Morgan fingerprint density at radius 2 is 1.48 bits per heavy atom. The molecule has 0 aromatic heterocycles. The largest absolute Gasteiger partial charge is 0.432 e. The van der Waals surface area contributed by atoms with Crippen LogP contribution in [0.4, 0.5) is 0 Å². The van der Waals surface area contributed by atoms with Gasteiger partial charge in [0.05, 0.1) is 49.5 Å². The summed E-state index contributed by atoms with van der Waals surface area (Å²) in [5.74, 6) is -1.69. The van der Waals surface area contributed by atoms with Gasteiger partial charge in [0.2, 0.25) is 12.2 Å². The van der Waals surface area contributed by atoms with E-state index in [1.54, 1.807) is 0 Å². The van der Waals surface area contributed by atoms with Crippen LogP contribution in [0.5, 0.6) is 0 Å². The fourth-order valence-corrected chi connectivity index (χ4v) is 15.7. The zero-order valence-corrected chi connectivity index (χ0v) is 43.8. The number of aliphatic hydroxyl groups excluding tert-OH is 9. The summed E-state index contributed by atoms with van der Waals surface area (Å²) in [6.45, 7) is 14.1. The molecular formula is C53H87N2O18+. The molecular weight excluding hydrogens is 953 g/mol. The maximum absolute atomic E-state index is 15.6. The van der Waals surface area contributed by atoms with Gasteiger partial charge < -0.3 is 90.2 Å². The number of rotatable bonds is 14. The van der Waals surface area contributed by atoms with E-state index in [1.165, 1.54) is 6.92 Å².